The molecular weight excluding hydrogens is 272 g/mol. The molecule has 0 spiro atoms. The van der Waals surface area contributed by atoms with Crippen molar-refractivity contribution in [2.24, 2.45) is 0 Å². The third-order valence-electron chi connectivity index (χ3n) is 2.59. The number of hydrogen-bond acceptors (Lipinski definition) is 4. The molecule has 1 heterocycles. The summed E-state index contributed by atoms with van der Waals surface area (Å²) in [5.41, 5.74) is 1.45. The Morgan fingerprint density at radius 3 is 2.57 bits per heavy atom. The molecule has 2 N–H and O–H groups in total. The van der Waals surface area contributed by atoms with Gasteiger partial charge in [-0.25, -0.2) is 4.79 Å². The molecule has 0 atom stereocenters. The summed E-state index contributed by atoms with van der Waals surface area (Å²) in [6.07, 6.45) is 3.53. The van der Waals surface area contributed by atoms with Gasteiger partial charge >= 0.3 is 5.97 Å². The Bertz CT molecular complexity index is 611. The van der Waals surface area contributed by atoms with Crippen LogP contribution in [-0.4, -0.2) is 28.6 Å². The summed E-state index contributed by atoms with van der Waals surface area (Å²) in [6, 6.07) is 10.1. The van der Waals surface area contributed by atoms with E-state index < -0.39 is 12.6 Å². The lowest BCUT2D eigenvalue weighted by molar-refractivity contribution is -0.139. The number of rotatable bonds is 6. The lowest BCUT2D eigenvalue weighted by Gasteiger charge is -2.07. The van der Waals surface area contributed by atoms with E-state index in [2.05, 4.69) is 10.3 Å². The van der Waals surface area contributed by atoms with Crippen LogP contribution in [0.15, 0.2) is 48.8 Å². The second kappa shape index (κ2) is 7.04. The van der Waals surface area contributed by atoms with Gasteiger partial charge in [0, 0.05) is 18.1 Å². The fourth-order valence-corrected chi connectivity index (χ4v) is 1.67. The van der Waals surface area contributed by atoms with Crippen LogP contribution in [0.4, 0.5) is 5.69 Å². The van der Waals surface area contributed by atoms with E-state index in [1.165, 1.54) is 0 Å². The summed E-state index contributed by atoms with van der Waals surface area (Å²) >= 11 is 0. The monoisotopic (exact) mass is 286 g/mol. The van der Waals surface area contributed by atoms with E-state index in [9.17, 15) is 9.59 Å². The van der Waals surface area contributed by atoms with E-state index in [4.69, 9.17) is 9.84 Å². The van der Waals surface area contributed by atoms with E-state index in [-0.39, 0.29) is 12.3 Å². The van der Waals surface area contributed by atoms with Crippen molar-refractivity contribution < 1.29 is 19.4 Å². The molecule has 0 radical (unpaired) electrons. The third kappa shape index (κ3) is 4.94. The number of ether oxygens (including phenoxy) is 1. The van der Waals surface area contributed by atoms with Crippen LogP contribution in [0.1, 0.15) is 5.56 Å². The van der Waals surface area contributed by atoms with Crippen LogP contribution >= 0.6 is 0 Å². The predicted molar refractivity (Wildman–Crippen MR) is 76.1 cm³/mol. The Morgan fingerprint density at radius 2 is 1.95 bits per heavy atom. The number of anilines is 1. The first-order valence-corrected chi connectivity index (χ1v) is 6.27. The molecule has 21 heavy (non-hydrogen) atoms. The Labute approximate surface area is 121 Å². The largest absolute Gasteiger partial charge is 0.482 e. The first-order chi connectivity index (χ1) is 10.1. The molecule has 2 aromatic rings. The zero-order valence-electron chi connectivity index (χ0n) is 11.2. The highest BCUT2D eigenvalue weighted by molar-refractivity contribution is 5.92. The zero-order chi connectivity index (χ0) is 15.1. The van der Waals surface area contributed by atoms with Crippen LogP contribution in [0.5, 0.6) is 5.75 Å². The normalized spacial score (nSPS) is 9.90. The second-order valence-corrected chi connectivity index (χ2v) is 4.29. The number of aliphatic carboxylic acids is 1. The van der Waals surface area contributed by atoms with Gasteiger partial charge in [0.1, 0.15) is 5.75 Å². The van der Waals surface area contributed by atoms with Gasteiger partial charge < -0.3 is 15.2 Å². The van der Waals surface area contributed by atoms with Crippen LogP contribution in [0.2, 0.25) is 0 Å². The van der Waals surface area contributed by atoms with Gasteiger partial charge in [-0.05, 0) is 35.9 Å². The van der Waals surface area contributed by atoms with Gasteiger partial charge in [-0.15, -0.1) is 0 Å². The van der Waals surface area contributed by atoms with Gasteiger partial charge in [0.2, 0.25) is 5.91 Å². The minimum absolute atomic E-state index is 0.151. The molecule has 1 amide bonds. The number of nitrogens with one attached hydrogen (secondary N) is 1. The van der Waals surface area contributed by atoms with Crippen LogP contribution < -0.4 is 10.1 Å². The summed E-state index contributed by atoms with van der Waals surface area (Å²) < 4.78 is 5.00. The molecule has 0 aliphatic heterocycles. The molecule has 0 aliphatic rings. The minimum atomic E-state index is -1.04. The highest BCUT2D eigenvalue weighted by Gasteiger charge is 2.05. The first kappa shape index (κ1) is 14.5. The van der Waals surface area contributed by atoms with Crippen LogP contribution in [0, 0.1) is 0 Å². The molecule has 6 nitrogen and oxygen atoms in total. The van der Waals surface area contributed by atoms with Gasteiger partial charge in [0.25, 0.3) is 0 Å². The number of pyridine rings is 1. The third-order valence-corrected chi connectivity index (χ3v) is 2.59. The summed E-state index contributed by atoms with van der Waals surface area (Å²) in [5, 5.41) is 11.2. The number of carbonyl (C=O) groups excluding carboxylic acids is 1. The van der Waals surface area contributed by atoms with Crippen LogP contribution in [0.3, 0.4) is 0 Å². The smallest absolute Gasteiger partial charge is 0.341 e. The number of amides is 1. The fraction of sp³-hybridized carbons (Fsp3) is 0.133. The minimum Gasteiger partial charge on any atom is -0.482 e. The first-order valence-electron chi connectivity index (χ1n) is 6.27. The van der Waals surface area contributed by atoms with Gasteiger partial charge in [-0.1, -0.05) is 6.07 Å². The van der Waals surface area contributed by atoms with Gasteiger partial charge in [0.05, 0.1) is 6.42 Å². The van der Waals surface area contributed by atoms with Crippen molar-refractivity contribution in [3.8, 4) is 5.75 Å². The molecule has 0 saturated carbocycles. The van der Waals surface area contributed by atoms with E-state index in [1.54, 1.807) is 42.7 Å². The zero-order valence-corrected chi connectivity index (χ0v) is 11.2. The lowest BCUT2D eigenvalue weighted by Crippen LogP contribution is -2.14. The van der Waals surface area contributed by atoms with Crippen LogP contribution in [-0.2, 0) is 16.0 Å². The maximum absolute atomic E-state index is 11.8. The standard InChI is InChI=1S/C15H14N2O4/c18-14(8-11-2-1-7-16-9-11)17-12-3-5-13(6-4-12)21-10-15(19)20/h1-7,9H,8,10H2,(H,17,18)(H,19,20). The average Bonchev–Trinajstić information content (AvgIpc) is 2.47. The number of carbonyl (C=O) groups is 2. The number of hydrogen-bond donors (Lipinski definition) is 2. The SMILES string of the molecule is O=C(O)COc1ccc(NC(=O)Cc2cccnc2)cc1. The van der Waals surface area contributed by atoms with Crippen molar-refractivity contribution >= 4 is 17.6 Å². The van der Waals surface area contributed by atoms with Gasteiger partial charge in [-0.2, -0.15) is 0 Å². The van der Waals surface area contributed by atoms with Gasteiger partial charge in [-0.3, -0.25) is 9.78 Å². The summed E-state index contributed by atoms with van der Waals surface area (Å²) in [7, 11) is 0. The molecule has 6 heteroatoms. The van der Waals surface area contributed by atoms with Crippen molar-refractivity contribution in [1.29, 1.82) is 0 Å². The average molecular weight is 286 g/mol. The van der Waals surface area contributed by atoms with Crippen molar-refractivity contribution in [3.63, 3.8) is 0 Å². The quantitative estimate of drug-likeness (QED) is 0.844. The van der Waals surface area contributed by atoms with E-state index >= 15 is 0 Å². The maximum Gasteiger partial charge on any atom is 0.341 e. The van der Waals surface area contributed by atoms with Crippen molar-refractivity contribution in [2.75, 3.05) is 11.9 Å². The number of carboxylic acids is 1. The molecule has 0 bridgehead atoms. The predicted octanol–water partition coefficient (Wildman–Crippen LogP) is 1.73. The topological polar surface area (TPSA) is 88.5 Å². The van der Waals surface area contributed by atoms with Crippen molar-refractivity contribution in [2.45, 2.75) is 6.42 Å². The van der Waals surface area contributed by atoms with Crippen LogP contribution in [0.25, 0.3) is 0 Å². The Kier molecular flexibility index (Phi) is 4.87. The summed E-state index contributed by atoms with van der Waals surface area (Å²) in [4.78, 5) is 26.2. The highest BCUT2D eigenvalue weighted by atomic mass is 16.5. The lowest BCUT2D eigenvalue weighted by atomic mass is 10.2. The molecule has 0 saturated heterocycles. The van der Waals surface area contributed by atoms with E-state index in [0.717, 1.165) is 5.56 Å². The van der Waals surface area contributed by atoms with E-state index in [0.29, 0.717) is 11.4 Å². The summed E-state index contributed by atoms with van der Waals surface area (Å²) in [5.74, 6) is -0.756. The Morgan fingerprint density at radius 1 is 1.19 bits per heavy atom. The molecular formula is C15H14N2O4. The number of nitrogens with zero attached hydrogens (tertiary/aromatic N) is 1. The summed E-state index contributed by atoms with van der Waals surface area (Å²) in [6.45, 7) is -0.396. The molecule has 0 aliphatic carbocycles. The fourth-order valence-electron chi connectivity index (χ4n) is 1.67. The Hall–Kier alpha value is -2.89. The second-order valence-electron chi connectivity index (χ2n) is 4.29. The number of benzene rings is 1. The molecule has 0 fully saturated rings. The number of carboxylic acid groups (broad SMARTS) is 1. The van der Waals surface area contributed by atoms with Gasteiger partial charge in [0.15, 0.2) is 6.61 Å². The van der Waals surface area contributed by atoms with Crippen molar-refractivity contribution in [3.05, 3.63) is 54.4 Å². The maximum atomic E-state index is 11.8. The molecule has 1 aromatic carbocycles. The van der Waals surface area contributed by atoms with E-state index in [1.807, 2.05) is 6.07 Å². The molecule has 108 valence electrons. The highest BCUT2D eigenvalue weighted by Crippen LogP contribution is 2.15. The Balaban J connectivity index is 1.88. The molecule has 0 unspecified atom stereocenters. The molecule has 2 rings (SSSR count). The number of aromatic nitrogens is 1. The van der Waals surface area contributed by atoms with Crippen molar-refractivity contribution in [1.82, 2.24) is 4.98 Å². The molecule has 1 aromatic heterocycles.